The fourth-order valence-electron chi connectivity index (χ4n) is 2.48. The number of amides is 1. The SMILES string of the molecule is COCC1(C(=O)Nc2cccc(C)n2)CCNCC1. The van der Waals surface area contributed by atoms with Crippen molar-refractivity contribution in [2.24, 2.45) is 5.41 Å². The summed E-state index contributed by atoms with van der Waals surface area (Å²) in [5.41, 5.74) is 0.453. The molecule has 2 rings (SSSR count). The van der Waals surface area contributed by atoms with E-state index in [9.17, 15) is 4.79 Å². The molecule has 5 heteroatoms. The summed E-state index contributed by atoms with van der Waals surface area (Å²) in [4.78, 5) is 16.8. The third kappa shape index (κ3) is 3.30. The average molecular weight is 263 g/mol. The predicted molar refractivity (Wildman–Crippen MR) is 74.0 cm³/mol. The molecule has 104 valence electrons. The van der Waals surface area contributed by atoms with E-state index in [0.29, 0.717) is 12.4 Å². The number of aryl methyl sites for hydroxylation is 1. The van der Waals surface area contributed by atoms with E-state index in [1.165, 1.54) is 0 Å². The van der Waals surface area contributed by atoms with Crippen molar-refractivity contribution >= 4 is 11.7 Å². The number of methoxy groups -OCH3 is 1. The number of aromatic nitrogens is 1. The normalized spacial score (nSPS) is 18.0. The molecular weight excluding hydrogens is 242 g/mol. The Bertz CT molecular complexity index is 437. The van der Waals surface area contributed by atoms with Gasteiger partial charge >= 0.3 is 0 Å². The third-order valence-corrected chi connectivity index (χ3v) is 3.59. The standard InChI is InChI=1S/C14H21N3O2/c1-11-4-3-5-12(16-11)17-13(18)14(10-19-2)6-8-15-9-7-14/h3-5,15H,6-10H2,1-2H3,(H,16,17,18). The van der Waals surface area contributed by atoms with Gasteiger partial charge in [-0.05, 0) is 45.0 Å². The van der Waals surface area contributed by atoms with Gasteiger partial charge in [-0.1, -0.05) is 6.07 Å². The molecule has 2 N–H and O–H groups in total. The summed E-state index contributed by atoms with van der Waals surface area (Å²) in [5, 5.41) is 6.19. The van der Waals surface area contributed by atoms with Gasteiger partial charge in [0.1, 0.15) is 5.82 Å². The van der Waals surface area contributed by atoms with E-state index in [4.69, 9.17) is 4.74 Å². The summed E-state index contributed by atoms with van der Waals surface area (Å²) in [5.74, 6) is 0.618. The minimum Gasteiger partial charge on any atom is -0.384 e. The fourth-order valence-corrected chi connectivity index (χ4v) is 2.48. The topological polar surface area (TPSA) is 63.2 Å². The van der Waals surface area contributed by atoms with Crippen molar-refractivity contribution in [2.75, 3.05) is 32.1 Å². The maximum atomic E-state index is 12.5. The van der Waals surface area contributed by atoms with E-state index in [1.807, 2.05) is 25.1 Å². The van der Waals surface area contributed by atoms with Crippen LogP contribution >= 0.6 is 0 Å². The number of nitrogens with one attached hydrogen (secondary N) is 2. The summed E-state index contributed by atoms with van der Waals surface area (Å²) >= 11 is 0. The maximum absolute atomic E-state index is 12.5. The molecule has 1 aromatic rings. The van der Waals surface area contributed by atoms with Gasteiger partial charge in [0.2, 0.25) is 5.91 Å². The Hall–Kier alpha value is -1.46. The molecule has 0 spiro atoms. The molecule has 19 heavy (non-hydrogen) atoms. The number of hydrogen-bond donors (Lipinski definition) is 2. The van der Waals surface area contributed by atoms with Crippen molar-refractivity contribution in [3.8, 4) is 0 Å². The van der Waals surface area contributed by atoms with Gasteiger partial charge in [-0.25, -0.2) is 4.98 Å². The molecule has 1 aromatic heterocycles. The summed E-state index contributed by atoms with van der Waals surface area (Å²) < 4.78 is 5.26. The van der Waals surface area contributed by atoms with Crippen LogP contribution in [0.25, 0.3) is 0 Å². The van der Waals surface area contributed by atoms with Gasteiger partial charge in [0.05, 0.1) is 12.0 Å². The number of ether oxygens (including phenoxy) is 1. The highest BCUT2D eigenvalue weighted by Gasteiger charge is 2.39. The lowest BCUT2D eigenvalue weighted by Gasteiger charge is -2.35. The van der Waals surface area contributed by atoms with Crippen LogP contribution < -0.4 is 10.6 Å². The molecule has 0 atom stereocenters. The molecule has 0 radical (unpaired) electrons. The van der Waals surface area contributed by atoms with E-state index in [1.54, 1.807) is 7.11 Å². The molecular formula is C14H21N3O2. The van der Waals surface area contributed by atoms with Gasteiger partial charge in [0.25, 0.3) is 0 Å². The first-order valence-electron chi connectivity index (χ1n) is 6.61. The van der Waals surface area contributed by atoms with Crippen molar-refractivity contribution in [2.45, 2.75) is 19.8 Å². The molecule has 1 saturated heterocycles. The second-order valence-electron chi connectivity index (χ2n) is 5.08. The molecule has 0 aromatic carbocycles. The van der Waals surface area contributed by atoms with Gasteiger partial charge in [-0.2, -0.15) is 0 Å². The summed E-state index contributed by atoms with van der Waals surface area (Å²) in [6, 6.07) is 5.61. The first-order valence-corrected chi connectivity index (χ1v) is 6.61. The number of carbonyl (C=O) groups is 1. The van der Waals surface area contributed by atoms with Crippen LogP contribution in [0.4, 0.5) is 5.82 Å². The van der Waals surface area contributed by atoms with Crippen molar-refractivity contribution in [3.63, 3.8) is 0 Å². The van der Waals surface area contributed by atoms with Gasteiger partial charge in [0, 0.05) is 12.8 Å². The van der Waals surface area contributed by atoms with Gasteiger partial charge < -0.3 is 15.4 Å². The highest BCUT2D eigenvalue weighted by molar-refractivity contribution is 5.94. The highest BCUT2D eigenvalue weighted by atomic mass is 16.5. The zero-order valence-corrected chi connectivity index (χ0v) is 11.5. The Morgan fingerprint density at radius 2 is 2.21 bits per heavy atom. The van der Waals surface area contributed by atoms with Crippen LogP contribution in [0.3, 0.4) is 0 Å². The number of anilines is 1. The predicted octanol–water partition coefficient (Wildman–Crippen LogP) is 1.34. The van der Waals surface area contributed by atoms with Crippen LogP contribution in [0.2, 0.25) is 0 Å². The van der Waals surface area contributed by atoms with E-state index >= 15 is 0 Å². The third-order valence-electron chi connectivity index (χ3n) is 3.59. The second kappa shape index (κ2) is 6.12. The van der Waals surface area contributed by atoms with Gasteiger partial charge in [0.15, 0.2) is 0 Å². The van der Waals surface area contributed by atoms with Crippen molar-refractivity contribution < 1.29 is 9.53 Å². The molecule has 0 bridgehead atoms. The number of hydrogen-bond acceptors (Lipinski definition) is 4. The lowest BCUT2D eigenvalue weighted by Crippen LogP contribution is -2.47. The monoisotopic (exact) mass is 263 g/mol. The van der Waals surface area contributed by atoms with Crippen LogP contribution in [-0.2, 0) is 9.53 Å². The lowest BCUT2D eigenvalue weighted by atomic mass is 9.78. The molecule has 0 unspecified atom stereocenters. The van der Waals surface area contributed by atoms with E-state index in [2.05, 4.69) is 15.6 Å². The Morgan fingerprint density at radius 3 is 2.84 bits per heavy atom. The van der Waals surface area contributed by atoms with Crippen LogP contribution in [0.1, 0.15) is 18.5 Å². The Balaban J connectivity index is 2.11. The molecule has 2 heterocycles. The molecule has 1 aliphatic rings. The quantitative estimate of drug-likeness (QED) is 0.860. The summed E-state index contributed by atoms with van der Waals surface area (Å²) in [7, 11) is 1.64. The van der Waals surface area contributed by atoms with Crippen LogP contribution in [-0.4, -0.2) is 37.7 Å². The van der Waals surface area contributed by atoms with Gasteiger partial charge in [-0.15, -0.1) is 0 Å². The zero-order chi connectivity index (χ0) is 13.7. The Kier molecular flexibility index (Phi) is 4.50. The molecule has 1 aliphatic heterocycles. The number of piperidine rings is 1. The van der Waals surface area contributed by atoms with Crippen molar-refractivity contribution in [3.05, 3.63) is 23.9 Å². The zero-order valence-electron chi connectivity index (χ0n) is 11.5. The number of rotatable bonds is 4. The molecule has 0 aliphatic carbocycles. The van der Waals surface area contributed by atoms with Crippen molar-refractivity contribution in [1.29, 1.82) is 0 Å². The highest BCUT2D eigenvalue weighted by Crippen LogP contribution is 2.30. The van der Waals surface area contributed by atoms with E-state index < -0.39 is 5.41 Å². The summed E-state index contributed by atoms with van der Waals surface area (Å²) in [6.07, 6.45) is 1.58. The van der Waals surface area contributed by atoms with Crippen LogP contribution in [0, 0.1) is 12.3 Å². The Labute approximate surface area is 113 Å². The van der Waals surface area contributed by atoms with E-state index in [0.717, 1.165) is 31.6 Å². The molecule has 1 amide bonds. The largest absolute Gasteiger partial charge is 0.384 e. The molecule has 5 nitrogen and oxygen atoms in total. The van der Waals surface area contributed by atoms with Crippen molar-refractivity contribution in [1.82, 2.24) is 10.3 Å². The number of nitrogens with zero attached hydrogens (tertiary/aromatic N) is 1. The lowest BCUT2D eigenvalue weighted by molar-refractivity contribution is -0.130. The van der Waals surface area contributed by atoms with E-state index in [-0.39, 0.29) is 5.91 Å². The molecule has 0 saturated carbocycles. The van der Waals surface area contributed by atoms with Crippen LogP contribution in [0.5, 0.6) is 0 Å². The minimum atomic E-state index is -0.439. The molecule has 1 fully saturated rings. The maximum Gasteiger partial charge on any atom is 0.234 e. The number of carbonyl (C=O) groups excluding carboxylic acids is 1. The first kappa shape index (κ1) is 14.0. The fraction of sp³-hybridized carbons (Fsp3) is 0.571. The second-order valence-corrected chi connectivity index (χ2v) is 5.08. The van der Waals surface area contributed by atoms with Gasteiger partial charge in [-0.3, -0.25) is 4.79 Å². The average Bonchev–Trinajstić information content (AvgIpc) is 2.40. The Morgan fingerprint density at radius 1 is 1.47 bits per heavy atom. The smallest absolute Gasteiger partial charge is 0.234 e. The first-order chi connectivity index (χ1) is 9.16. The van der Waals surface area contributed by atoms with Crippen LogP contribution in [0.15, 0.2) is 18.2 Å². The summed E-state index contributed by atoms with van der Waals surface area (Å²) in [6.45, 7) is 4.05. The minimum absolute atomic E-state index is 0.00829. The number of pyridine rings is 1.